The summed E-state index contributed by atoms with van der Waals surface area (Å²) in [5, 5.41) is 8.25. The van der Waals surface area contributed by atoms with Gasteiger partial charge in [0, 0.05) is 12.2 Å². The molecule has 0 saturated carbocycles. The van der Waals surface area contributed by atoms with E-state index in [9.17, 15) is 8.42 Å². The molecule has 1 unspecified atom stereocenters. The Kier molecular flexibility index (Phi) is 4.82. The molecule has 0 radical (unpaired) electrons. The average molecular weight is 305 g/mol. The minimum atomic E-state index is -3.75. The van der Waals surface area contributed by atoms with Crippen LogP contribution in [-0.2, 0) is 10.2 Å². The summed E-state index contributed by atoms with van der Waals surface area (Å²) in [4.78, 5) is 0. The van der Waals surface area contributed by atoms with Crippen molar-refractivity contribution in [1.29, 1.82) is 0 Å². The van der Waals surface area contributed by atoms with Gasteiger partial charge >= 0.3 is 0 Å². The van der Waals surface area contributed by atoms with Gasteiger partial charge in [-0.3, -0.25) is 4.72 Å². The van der Waals surface area contributed by atoms with E-state index < -0.39 is 10.2 Å². The average Bonchev–Trinajstić information content (AvgIpc) is 2.44. The van der Waals surface area contributed by atoms with E-state index in [2.05, 4.69) is 29.1 Å². The molecule has 0 fully saturated rings. The lowest BCUT2D eigenvalue weighted by Crippen LogP contribution is -2.21. The highest BCUT2D eigenvalue weighted by molar-refractivity contribution is 7.90. The van der Waals surface area contributed by atoms with Gasteiger partial charge in [-0.05, 0) is 29.7 Å². The van der Waals surface area contributed by atoms with Crippen molar-refractivity contribution < 1.29 is 8.42 Å². The Balaban J connectivity index is 1.99. The Bertz CT molecular complexity index is 687. The van der Waals surface area contributed by atoms with Gasteiger partial charge in [0.15, 0.2) is 0 Å². The van der Waals surface area contributed by atoms with Crippen LogP contribution in [0.5, 0.6) is 0 Å². The summed E-state index contributed by atoms with van der Waals surface area (Å²) < 4.78 is 24.3. The molecule has 6 heteroatoms. The lowest BCUT2D eigenvalue weighted by molar-refractivity contribution is 0.603. The molecule has 0 saturated heterocycles. The van der Waals surface area contributed by atoms with E-state index in [1.54, 1.807) is 18.2 Å². The fourth-order valence-electron chi connectivity index (χ4n) is 2.03. The SMILES string of the molecule is CC(CNc1cccc(NS(N)(=O)=O)c1)c1ccccc1. The first-order valence-electron chi connectivity index (χ1n) is 6.63. The second kappa shape index (κ2) is 6.60. The third-order valence-electron chi connectivity index (χ3n) is 3.10. The van der Waals surface area contributed by atoms with Crippen LogP contribution in [0.3, 0.4) is 0 Å². The number of hydrogen-bond acceptors (Lipinski definition) is 3. The summed E-state index contributed by atoms with van der Waals surface area (Å²) in [6, 6.07) is 17.2. The number of benzene rings is 2. The number of hydrogen-bond donors (Lipinski definition) is 3. The summed E-state index contributed by atoms with van der Waals surface area (Å²) in [7, 11) is -3.75. The van der Waals surface area contributed by atoms with Crippen LogP contribution in [0.4, 0.5) is 11.4 Å². The first-order valence-corrected chi connectivity index (χ1v) is 8.18. The minimum Gasteiger partial charge on any atom is -0.384 e. The van der Waals surface area contributed by atoms with Gasteiger partial charge in [0.1, 0.15) is 0 Å². The molecule has 0 heterocycles. The molecule has 21 heavy (non-hydrogen) atoms. The Labute approximate surface area is 125 Å². The number of rotatable bonds is 6. The highest BCUT2D eigenvalue weighted by Gasteiger charge is 2.06. The standard InChI is InChI=1S/C15H19N3O2S/c1-12(13-6-3-2-4-7-13)11-17-14-8-5-9-15(10-14)18-21(16,19)20/h2-10,12,17-18H,11H2,1H3,(H2,16,19,20). The van der Waals surface area contributed by atoms with Gasteiger partial charge in [0.25, 0.3) is 10.2 Å². The van der Waals surface area contributed by atoms with Crippen molar-refractivity contribution in [3.8, 4) is 0 Å². The predicted molar refractivity (Wildman–Crippen MR) is 86.5 cm³/mol. The molecule has 1 atom stereocenters. The quantitative estimate of drug-likeness (QED) is 0.766. The van der Waals surface area contributed by atoms with E-state index >= 15 is 0 Å². The van der Waals surface area contributed by atoms with E-state index in [0.717, 1.165) is 12.2 Å². The van der Waals surface area contributed by atoms with Crippen molar-refractivity contribution in [2.24, 2.45) is 5.14 Å². The Morgan fingerprint density at radius 3 is 2.38 bits per heavy atom. The highest BCUT2D eigenvalue weighted by Crippen LogP contribution is 2.19. The van der Waals surface area contributed by atoms with E-state index in [4.69, 9.17) is 5.14 Å². The molecule has 2 aromatic carbocycles. The fraction of sp³-hybridized carbons (Fsp3) is 0.200. The molecule has 2 rings (SSSR count). The molecule has 0 amide bonds. The summed E-state index contributed by atoms with van der Waals surface area (Å²) in [6.45, 7) is 2.89. The first-order chi connectivity index (χ1) is 9.94. The molecular weight excluding hydrogens is 286 g/mol. The van der Waals surface area contributed by atoms with Crippen LogP contribution < -0.4 is 15.2 Å². The van der Waals surface area contributed by atoms with Crippen LogP contribution in [0.25, 0.3) is 0 Å². The van der Waals surface area contributed by atoms with Crippen LogP contribution in [0.2, 0.25) is 0 Å². The Hall–Kier alpha value is -2.05. The van der Waals surface area contributed by atoms with Gasteiger partial charge in [0.2, 0.25) is 0 Å². The monoisotopic (exact) mass is 305 g/mol. The lowest BCUT2D eigenvalue weighted by Gasteiger charge is -2.14. The van der Waals surface area contributed by atoms with Crippen molar-refractivity contribution in [3.63, 3.8) is 0 Å². The van der Waals surface area contributed by atoms with Gasteiger partial charge < -0.3 is 5.32 Å². The molecule has 112 valence electrons. The summed E-state index contributed by atoms with van der Waals surface area (Å²) in [6.07, 6.45) is 0. The van der Waals surface area contributed by atoms with Gasteiger partial charge in [-0.2, -0.15) is 8.42 Å². The molecule has 0 aliphatic carbocycles. The summed E-state index contributed by atoms with van der Waals surface area (Å²) in [5.74, 6) is 0.348. The maximum atomic E-state index is 11.0. The summed E-state index contributed by atoms with van der Waals surface area (Å²) in [5.41, 5.74) is 2.53. The lowest BCUT2D eigenvalue weighted by atomic mass is 10.0. The largest absolute Gasteiger partial charge is 0.384 e. The number of anilines is 2. The maximum Gasteiger partial charge on any atom is 0.296 e. The van der Waals surface area contributed by atoms with E-state index in [1.165, 1.54) is 5.56 Å². The zero-order valence-electron chi connectivity index (χ0n) is 11.8. The highest BCUT2D eigenvalue weighted by atomic mass is 32.2. The molecule has 0 bridgehead atoms. The molecule has 2 aromatic rings. The van der Waals surface area contributed by atoms with E-state index in [1.807, 2.05) is 24.3 Å². The first kappa shape index (κ1) is 15.3. The third-order valence-corrected chi connectivity index (χ3v) is 3.62. The third kappa shape index (κ3) is 5.09. The van der Waals surface area contributed by atoms with Gasteiger partial charge in [-0.1, -0.05) is 43.3 Å². The second-order valence-corrected chi connectivity index (χ2v) is 6.21. The van der Waals surface area contributed by atoms with E-state index in [-0.39, 0.29) is 0 Å². The predicted octanol–water partition coefficient (Wildman–Crippen LogP) is 2.52. The van der Waals surface area contributed by atoms with E-state index in [0.29, 0.717) is 11.6 Å². The molecule has 5 nitrogen and oxygen atoms in total. The van der Waals surface area contributed by atoms with Gasteiger partial charge in [0.05, 0.1) is 5.69 Å². The van der Waals surface area contributed by atoms with Crippen LogP contribution in [0, 0.1) is 0 Å². The zero-order valence-corrected chi connectivity index (χ0v) is 12.6. The molecule has 0 spiro atoms. The number of nitrogens with one attached hydrogen (secondary N) is 2. The number of nitrogens with two attached hydrogens (primary N) is 1. The van der Waals surface area contributed by atoms with Crippen LogP contribution >= 0.6 is 0 Å². The molecular formula is C15H19N3O2S. The van der Waals surface area contributed by atoms with Gasteiger partial charge in [-0.15, -0.1) is 0 Å². The van der Waals surface area contributed by atoms with Crippen molar-refractivity contribution in [2.75, 3.05) is 16.6 Å². The van der Waals surface area contributed by atoms with Crippen molar-refractivity contribution in [3.05, 3.63) is 60.2 Å². The Morgan fingerprint density at radius 2 is 1.71 bits per heavy atom. The topological polar surface area (TPSA) is 84.2 Å². The minimum absolute atomic E-state index is 0.348. The fourth-order valence-corrected chi connectivity index (χ4v) is 2.48. The molecule has 0 aliphatic heterocycles. The normalized spacial score (nSPS) is 12.7. The molecule has 0 aliphatic rings. The van der Waals surface area contributed by atoms with Gasteiger partial charge in [-0.25, -0.2) is 5.14 Å². The molecule has 4 N–H and O–H groups in total. The maximum absolute atomic E-state index is 11.0. The van der Waals surface area contributed by atoms with Crippen molar-refractivity contribution in [1.82, 2.24) is 0 Å². The summed E-state index contributed by atoms with van der Waals surface area (Å²) >= 11 is 0. The van der Waals surface area contributed by atoms with Crippen LogP contribution in [0.1, 0.15) is 18.4 Å². The molecule has 0 aromatic heterocycles. The van der Waals surface area contributed by atoms with Crippen LogP contribution in [0.15, 0.2) is 54.6 Å². The zero-order chi connectivity index (χ0) is 15.3. The Morgan fingerprint density at radius 1 is 1.05 bits per heavy atom. The smallest absolute Gasteiger partial charge is 0.296 e. The van der Waals surface area contributed by atoms with Crippen LogP contribution in [-0.4, -0.2) is 15.0 Å². The van der Waals surface area contributed by atoms with Crippen molar-refractivity contribution >= 4 is 21.6 Å². The van der Waals surface area contributed by atoms with Crippen molar-refractivity contribution in [2.45, 2.75) is 12.8 Å². The second-order valence-electron chi connectivity index (χ2n) is 4.92.